The van der Waals surface area contributed by atoms with Crippen LogP contribution in [-0.4, -0.2) is 22.2 Å². The molecule has 0 aromatic heterocycles. The molecular weight excluding hydrogens is 180 g/mol. The fraction of sp³-hybridized carbons (Fsp3) is 0.143. The summed E-state index contributed by atoms with van der Waals surface area (Å²) < 4.78 is 0. The summed E-state index contributed by atoms with van der Waals surface area (Å²) in [5, 5.41) is 16.8. The van der Waals surface area contributed by atoms with Gasteiger partial charge in [0.1, 0.15) is 0 Å². The zero-order chi connectivity index (χ0) is 9.98. The van der Waals surface area contributed by atoms with Crippen molar-refractivity contribution in [3.8, 4) is 0 Å². The molecule has 0 radical (unpaired) electrons. The van der Waals surface area contributed by atoms with Crippen LogP contribution in [0.3, 0.4) is 0 Å². The summed E-state index contributed by atoms with van der Waals surface area (Å²) >= 11 is 3.50. The molecule has 0 atom stereocenters. The highest BCUT2D eigenvalue weighted by atomic mass is 32.1. The SMILES string of the molecule is C/C=C/C(=O)O.O=C(O)C=CS. The minimum Gasteiger partial charge on any atom is -0.478 e. The maximum atomic E-state index is 9.51. The fourth-order valence-electron chi connectivity index (χ4n) is 0.206. The van der Waals surface area contributed by atoms with E-state index in [1.165, 1.54) is 11.5 Å². The van der Waals surface area contributed by atoms with Crippen LogP contribution in [0.5, 0.6) is 0 Å². The normalized spacial score (nSPS) is 9.50. The van der Waals surface area contributed by atoms with Crippen molar-refractivity contribution >= 4 is 24.6 Å². The Bertz CT molecular complexity index is 174. The lowest BCUT2D eigenvalue weighted by Crippen LogP contribution is -1.83. The van der Waals surface area contributed by atoms with Gasteiger partial charge in [-0.15, -0.1) is 0 Å². The quantitative estimate of drug-likeness (QED) is 0.451. The Labute approximate surface area is 75.6 Å². The molecule has 0 rings (SSSR count). The fourth-order valence-corrected chi connectivity index (χ4v) is 0.334. The predicted octanol–water partition coefficient (Wildman–Crippen LogP) is 1.16. The molecule has 0 bridgehead atoms. The van der Waals surface area contributed by atoms with Crippen LogP contribution in [0.15, 0.2) is 23.6 Å². The molecule has 0 aromatic rings. The maximum Gasteiger partial charge on any atom is 0.328 e. The van der Waals surface area contributed by atoms with Gasteiger partial charge in [0.15, 0.2) is 0 Å². The van der Waals surface area contributed by atoms with Crippen molar-refractivity contribution in [2.24, 2.45) is 0 Å². The molecule has 0 unspecified atom stereocenters. The minimum atomic E-state index is -0.968. The summed E-state index contributed by atoms with van der Waals surface area (Å²) in [6.07, 6.45) is 3.51. The van der Waals surface area contributed by atoms with E-state index in [4.69, 9.17) is 10.2 Å². The van der Waals surface area contributed by atoms with E-state index in [2.05, 4.69) is 12.6 Å². The number of carboxylic acids is 2. The minimum absolute atomic E-state index is 0.891. The topological polar surface area (TPSA) is 74.6 Å². The third kappa shape index (κ3) is 23.3. The first kappa shape index (κ1) is 13.4. The van der Waals surface area contributed by atoms with E-state index in [1.54, 1.807) is 6.92 Å². The second-order valence-corrected chi connectivity index (χ2v) is 1.79. The highest BCUT2D eigenvalue weighted by Gasteiger charge is 1.77. The van der Waals surface area contributed by atoms with Gasteiger partial charge < -0.3 is 10.2 Å². The van der Waals surface area contributed by atoms with Crippen molar-refractivity contribution in [2.45, 2.75) is 6.92 Å². The van der Waals surface area contributed by atoms with E-state index >= 15 is 0 Å². The second kappa shape index (κ2) is 9.77. The molecule has 12 heavy (non-hydrogen) atoms. The van der Waals surface area contributed by atoms with E-state index < -0.39 is 11.9 Å². The first-order valence-electron chi connectivity index (χ1n) is 2.94. The van der Waals surface area contributed by atoms with Gasteiger partial charge in [-0.25, -0.2) is 9.59 Å². The summed E-state index contributed by atoms with van der Waals surface area (Å²) in [5.41, 5.74) is 0. The molecule has 0 aromatic carbocycles. The van der Waals surface area contributed by atoms with Crippen molar-refractivity contribution in [1.82, 2.24) is 0 Å². The molecule has 0 spiro atoms. The van der Waals surface area contributed by atoms with Gasteiger partial charge in [-0.2, -0.15) is 12.6 Å². The highest BCUT2D eigenvalue weighted by molar-refractivity contribution is 7.83. The van der Waals surface area contributed by atoms with Gasteiger partial charge in [0, 0.05) is 12.2 Å². The average Bonchev–Trinajstić information content (AvgIpc) is 1.87. The number of hydrogen-bond acceptors (Lipinski definition) is 3. The van der Waals surface area contributed by atoms with Crippen LogP contribution < -0.4 is 0 Å². The standard InChI is InChI=1S/C4H6O2.C3H4O2S/c1-2-3-4(5)6;4-3(5)1-2-6/h2-3H,1H3,(H,5,6);1-2,6H,(H,4,5)/b3-2+;. The zero-order valence-corrected chi connectivity index (χ0v) is 7.36. The van der Waals surface area contributed by atoms with Crippen LogP contribution in [-0.2, 0) is 9.59 Å². The van der Waals surface area contributed by atoms with Gasteiger partial charge in [0.05, 0.1) is 0 Å². The van der Waals surface area contributed by atoms with E-state index in [0.29, 0.717) is 0 Å². The Balaban J connectivity index is 0. The third-order valence-corrected chi connectivity index (χ3v) is 0.675. The lowest BCUT2D eigenvalue weighted by atomic mass is 10.5. The molecule has 0 saturated heterocycles. The molecule has 0 amide bonds. The lowest BCUT2D eigenvalue weighted by Gasteiger charge is -1.68. The van der Waals surface area contributed by atoms with Crippen LogP contribution >= 0.6 is 12.6 Å². The third-order valence-electron chi connectivity index (χ3n) is 0.526. The van der Waals surface area contributed by atoms with Crippen LogP contribution in [0.25, 0.3) is 0 Å². The van der Waals surface area contributed by atoms with E-state index in [9.17, 15) is 9.59 Å². The van der Waals surface area contributed by atoms with Crippen molar-refractivity contribution < 1.29 is 19.8 Å². The molecule has 0 saturated carbocycles. The summed E-state index contributed by atoms with van der Waals surface area (Å²) in [6, 6.07) is 0. The number of rotatable bonds is 2. The summed E-state index contributed by atoms with van der Waals surface area (Å²) in [5.74, 6) is -1.86. The second-order valence-electron chi connectivity index (χ2n) is 1.49. The Morgan fingerprint density at radius 3 is 1.58 bits per heavy atom. The summed E-state index contributed by atoms with van der Waals surface area (Å²) in [7, 11) is 0. The van der Waals surface area contributed by atoms with Crippen LogP contribution in [0, 0.1) is 0 Å². The Kier molecular flexibility index (Phi) is 10.9. The molecule has 0 aliphatic carbocycles. The largest absolute Gasteiger partial charge is 0.478 e. The lowest BCUT2D eigenvalue weighted by molar-refractivity contribution is -0.132. The maximum absolute atomic E-state index is 9.51. The monoisotopic (exact) mass is 190 g/mol. The molecule has 0 heterocycles. The molecule has 4 nitrogen and oxygen atoms in total. The summed E-state index contributed by atoms with van der Waals surface area (Å²) in [6.45, 7) is 1.66. The van der Waals surface area contributed by atoms with Gasteiger partial charge in [0.2, 0.25) is 0 Å². The molecular formula is C7H10O4S. The van der Waals surface area contributed by atoms with Gasteiger partial charge in [-0.05, 0) is 12.3 Å². The molecule has 0 aliphatic heterocycles. The van der Waals surface area contributed by atoms with Crippen LogP contribution in [0.4, 0.5) is 0 Å². The number of carbonyl (C=O) groups is 2. The number of allylic oxidation sites excluding steroid dienone is 1. The van der Waals surface area contributed by atoms with Gasteiger partial charge in [-0.3, -0.25) is 0 Å². The first-order chi connectivity index (χ1) is 5.54. The zero-order valence-electron chi connectivity index (χ0n) is 6.47. The van der Waals surface area contributed by atoms with Crippen molar-refractivity contribution in [2.75, 3.05) is 0 Å². The first-order valence-corrected chi connectivity index (χ1v) is 3.45. The van der Waals surface area contributed by atoms with Crippen LogP contribution in [0.2, 0.25) is 0 Å². The Morgan fingerprint density at radius 1 is 1.17 bits per heavy atom. The molecule has 0 aliphatic rings. The van der Waals surface area contributed by atoms with Gasteiger partial charge in [-0.1, -0.05) is 6.08 Å². The van der Waals surface area contributed by atoms with E-state index in [-0.39, 0.29) is 0 Å². The molecule has 0 fully saturated rings. The summed E-state index contributed by atoms with van der Waals surface area (Å²) in [4.78, 5) is 19.0. The van der Waals surface area contributed by atoms with Gasteiger partial charge in [0.25, 0.3) is 0 Å². The van der Waals surface area contributed by atoms with E-state index in [0.717, 1.165) is 12.2 Å². The molecule has 5 heteroatoms. The van der Waals surface area contributed by atoms with Gasteiger partial charge >= 0.3 is 11.9 Å². The van der Waals surface area contributed by atoms with Crippen LogP contribution in [0.1, 0.15) is 6.92 Å². The molecule has 68 valence electrons. The van der Waals surface area contributed by atoms with Crippen molar-refractivity contribution in [3.63, 3.8) is 0 Å². The van der Waals surface area contributed by atoms with Crippen molar-refractivity contribution in [3.05, 3.63) is 23.6 Å². The predicted molar refractivity (Wildman–Crippen MR) is 48.2 cm³/mol. The number of thiol groups is 1. The van der Waals surface area contributed by atoms with Crippen molar-refractivity contribution in [1.29, 1.82) is 0 Å². The Hall–Kier alpha value is -1.23. The number of hydrogen-bond donors (Lipinski definition) is 3. The average molecular weight is 190 g/mol. The molecule has 2 N–H and O–H groups in total. The number of aliphatic carboxylic acids is 2. The Morgan fingerprint density at radius 2 is 1.58 bits per heavy atom. The highest BCUT2D eigenvalue weighted by Crippen LogP contribution is 1.73. The van der Waals surface area contributed by atoms with E-state index in [1.807, 2.05) is 0 Å². The number of carboxylic acid groups (broad SMARTS) is 2. The smallest absolute Gasteiger partial charge is 0.328 e.